The highest BCUT2D eigenvalue weighted by Gasteiger charge is 2.16. The molecule has 0 spiro atoms. The summed E-state index contributed by atoms with van der Waals surface area (Å²) in [5, 5.41) is 9.27. The van der Waals surface area contributed by atoms with Crippen LogP contribution >= 0.6 is 0 Å². The van der Waals surface area contributed by atoms with Gasteiger partial charge < -0.3 is 14.9 Å². The second-order valence-corrected chi connectivity index (χ2v) is 6.32. The van der Waals surface area contributed by atoms with Crippen LogP contribution in [0.4, 0.5) is 5.82 Å². The summed E-state index contributed by atoms with van der Waals surface area (Å²) < 4.78 is 11.1. The molecule has 0 amide bonds. The maximum atomic E-state index is 9.27. The molecule has 0 aliphatic heterocycles. The average molecular weight is 348 g/mol. The van der Waals surface area contributed by atoms with Crippen LogP contribution in [0.1, 0.15) is 25.8 Å². The van der Waals surface area contributed by atoms with Crippen molar-refractivity contribution in [1.82, 2.24) is 9.97 Å². The Morgan fingerprint density at radius 1 is 1.31 bits per heavy atom. The van der Waals surface area contributed by atoms with E-state index in [9.17, 15) is 5.26 Å². The molecule has 3 aromatic heterocycles. The van der Waals surface area contributed by atoms with E-state index in [2.05, 4.69) is 29.9 Å². The third-order valence-corrected chi connectivity index (χ3v) is 3.92. The van der Waals surface area contributed by atoms with Crippen LogP contribution in [0.25, 0.3) is 22.6 Å². The van der Waals surface area contributed by atoms with Gasteiger partial charge in [0.25, 0.3) is 0 Å². The highest BCUT2D eigenvalue weighted by atomic mass is 16.5. The van der Waals surface area contributed by atoms with Gasteiger partial charge in [0.15, 0.2) is 5.76 Å². The van der Waals surface area contributed by atoms with Crippen LogP contribution in [0.5, 0.6) is 5.88 Å². The van der Waals surface area contributed by atoms with E-state index in [1.54, 1.807) is 30.7 Å². The molecule has 132 valence electrons. The molecule has 0 atom stereocenters. The number of aromatic nitrogens is 2. The highest BCUT2D eigenvalue weighted by Crippen LogP contribution is 2.33. The lowest BCUT2D eigenvalue weighted by molar-refractivity contribution is 0.279. The molecule has 0 saturated heterocycles. The number of hydrogen-bond donors (Lipinski definition) is 1. The first-order valence-corrected chi connectivity index (χ1v) is 8.42. The number of furan rings is 1. The largest absolute Gasteiger partial charge is 0.478 e. The standard InChI is InChI=1S/C20H20N4O2/c1-13(2)7-9-26-18-6-5-14(12-23-18)16-10-15(11-21)20(22)24-19(16)17-4-3-8-25-17/h3-6,8,10,12-13H,7,9H2,1-2H3,(H2,22,24). The van der Waals surface area contributed by atoms with Crippen LogP contribution in [0.2, 0.25) is 0 Å². The number of nitrogens with zero attached hydrogens (tertiary/aromatic N) is 3. The smallest absolute Gasteiger partial charge is 0.213 e. The molecule has 2 N–H and O–H groups in total. The summed E-state index contributed by atoms with van der Waals surface area (Å²) in [6.45, 7) is 4.93. The summed E-state index contributed by atoms with van der Waals surface area (Å²) >= 11 is 0. The van der Waals surface area contributed by atoms with E-state index >= 15 is 0 Å². The number of nitrogens with two attached hydrogens (primary N) is 1. The molecule has 0 unspecified atom stereocenters. The van der Waals surface area contributed by atoms with Crippen molar-refractivity contribution in [1.29, 1.82) is 5.26 Å². The van der Waals surface area contributed by atoms with Gasteiger partial charge in [-0.15, -0.1) is 0 Å². The molecule has 0 aromatic carbocycles. The predicted molar refractivity (Wildman–Crippen MR) is 99.2 cm³/mol. The zero-order valence-corrected chi connectivity index (χ0v) is 14.8. The molecule has 3 heterocycles. The van der Waals surface area contributed by atoms with Crippen molar-refractivity contribution >= 4 is 5.82 Å². The Morgan fingerprint density at radius 2 is 2.15 bits per heavy atom. The summed E-state index contributed by atoms with van der Waals surface area (Å²) in [4.78, 5) is 8.71. The lowest BCUT2D eigenvalue weighted by Crippen LogP contribution is -2.03. The molecule has 6 heteroatoms. The monoisotopic (exact) mass is 348 g/mol. The first-order chi connectivity index (χ1) is 12.6. The maximum Gasteiger partial charge on any atom is 0.213 e. The summed E-state index contributed by atoms with van der Waals surface area (Å²) in [5.74, 6) is 1.89. The van der Waals surface area contributed by atoms with Crippen molar-refractivity contribution in [2.24, 2.45) is 5.92 Å². The first kappa shape index (κ1) is 17.5. The Balaban J connectivity index is 1.94. The molecule has 6 nitrogen and oxygen atoms in total. The highest BCUT2D eigenvalue weighted by molar-refractivity contribution is 5.81. The minimum absolute atomic E-state index is 0.171. The van der Waals surface area contributed by atoms with Gasteiger partial charge in [-0.05, 0) is 36.6 Å². The minimum Gasteiger partial charge on any atom is -0.478 e. The Bertz CT molecular complexity index is 910. The molecule has 0 bridgehead atoms. The number of ether oxygens (including phenoxy) is 1. The number of pyridine rings is 2. The van der Waals surface area contributed by atoms with E-state index in [0.717, 1.165) is 17.5 Å². The molecular formula is C20H20N4O2. The van der Waals surface area contributed by atoms with Gasteiger partial charge in [0.05, 0.1) is 18.4 Å². The predicted octanol–water partition coefficient (Wildman–Crippen LogP) is 4.28. The van der Waals surface area contributed by atoms with Crippen LogP contribution in [0.3, 0.4) is 0 Å². The molecule has 0 saturated carbocycles. The van der Waals surface area contributed by atoms with E-state index in [4.69, 9.17) is 14.9 Å². The van der Waals surface area contributed by atoms with E-state index in [1.807, 2.05) is 12.1 Å². The number of nitriles is 1. The number of anilines is 1. The second-order valence-electron chi connectivity index (χ2n) is 6.32. The summed E-state index contributed by atoms with van der Waals surface area (Å²) in [6.07, 6.45) is 4.24. The van der Waals surface area contributed by atoms with Gasteiger partial charge in [-0.2, -0.15) is 5.26 Å². The van der Waals surface area contributed by atoms with Gasteiger partial charge in [0.2, 0.25) is 5.88 Å². The SMILES string of the molecule is CC(C)CCOc1ccc(-c2cc(C#N)c(N)nc2-c2ccco2)cn1. The third-order valence-electron chi connectivity index (χ3n) is 3.92. The molecule has 0 aliphatic rings. The molecule has 26 heavy (non-hydrogen) atoms. The Labute approximate surface area is 152 Å². The Kier molecular flexibility index (Phi) is 5.18. The van der Waals surface area contributed by atoms with Gasteiger partial charge in [0, 0.05) is 23.4 Å². The lowest BCUT2D eigenvalue weighted by atomic mass is 10.0. The molecule has 0 aliphatic carbocycles. The number of hydrogen-bond acceptors (Lipinski definition) is 6. The quantitative estimate of drug-likeness (QED) is 0.714. The van der Waals surface area contributed by atoms with Crippen molar-refractivity contribution in [3.05, 3.63) is 48.4 Å². The minimum atomic E-state index is 0.171. The fraction of sp³-hybridized carbons (Fsp3) is 0.250. The van der Waals surface area contributed by atoms with Crippen molar-refractivity contribution in [2.45, 2.75) is 20.3 Å². The fourth-order valence-electron chi connectivity index (χ4n) is 2.46. The number of rotatable bonds is 6. The maximum absolute atomic E-state index is 9.27. The molecule has 3 aromatic rings. The summed E-state index contributed by atoms with van der Waals surface area (Å²) in [5.41, 5.74) is 8.29. The zero-order chi connectivity index (χ0) is 18.5. The Morgan fingerprint density at radius 3 is 2.77 bits per heavy atom. The second kappa shape index (κ2) is 7.70. The summed E-state index contributed by atoms with van der Waals surface area (Å²) in [6, 6.07) is 11.0. The average Bonchev–Trinajstić information content (AvgIpc) is 3.16. The van der Waals surface area contributed by atoms with Crippen molar-refractivity contribution in [3.63, 3.8) is 0 Å². The van der Waals surface area contributed by atoms with Crippen LogP contribution in [0, 0.1) is 17.2 Å². The van der Waals surface area contributed by atoms with Crippen molar-refractivity contribution in [3.8, 4) is 34.5 Å². The molecule has 0 radical (unpaired) electrons. The third kappa shape index (κ3) is 3.83. The lowest BCUT2D eigenvalue weighted by Gasteiger charge is -2.11. The van der Waals surface area contributed by atoms with E-state index in [1.165, 1.54) is 0 Å². The van der Waals surface area contributed by atoms with Crippen LogP contribution in [-0.4, -0.2) is 16.6 Å². The Hall–Kier alpha value is -3.33. The van der Waals surface area contributed by atoms with E-state index in [-0.39, 0.29) is 5.82 Å². The fourth-order valence-corrected chi connectivity index (χ4v) is 2.46. The van der Waals surface area contributed by atoms with Crippen molar-refractivity contribution < 1.29 is 9.15 Å². The normalized spacial score (nSPS) is 10.7. The van der Waals surface area contributed by atoms with Crippen molar-refractivity contribution in [2.75, 3.05) is 12.3 Å². The van der Waals surface area contributed by atoms with Gasteiger partial charge in [-0.25, -0.2) is 9.97 Å². The first-order valence-electron chi connectivity index (χ1n) is 8.42. The van der Waals surface area contributed by atoms with E-state index in [0.29, 0.717) is 35.4 Å². The molecule has 0 fully saturated rings. The van der Waals surface area contributed by atoms with Gasteiger partial charge in [-0.1, -0.05) is 13.8 Å². The van der Waals surface area contributed by atoms with Crippen LogP contribution < -0.4 is 10.5 Å². The molecular weight excluding hydrogens is 328 g/mol. The molecule has 3 rings (SSSR count). The van der Waals surface area contributed by atoms with Gasteiger partial charge >= 0.3 is 0 Å². The van der Waals surface area contributed by atoms with Crippen LogP contribution in [-0.2, 0) is 0 Å². The van der Waals surface area contributed by atoms with Gasteiger partial charge in [0.1, 0.15) is 17.6 Å². The van der Waals surface area contributed by atoms with Gasteiger partial charge in [-0.3, -0.25) is 0 Å². The zero-order valence-electron chi connectivity index (χ0n) is 14.8. The number of nitrogen functional groups attached to an aromatic ring is 1. The van der Waals surface area contributed by atoms with Crippen LogP contribution in [0.15, 0.2) is 47.2 Å². The van der Waals surface area contributed by atoms with E-state index < -0.39 is 0 Å². The topological polar surface area (TPSA) is 98.0 Å². The summed E-state index contributed by atoms with van der Waals surface area (Å²) in [7, 11) is 0.